The van der Waals surface area contributed by atoms with Crippen LogP contribution in [0.3, 0.4) is 0 Å². The van der Waals surface area contributed by atoms with Crippen molar-refractivity contribution >= 4 is 5.71 Å². The Bertz CT molecular complexity index is 379. The fourth-order valence-electron chi connectivity index (χ4n) is 1.90. The molecule has 72 valence electrons. The SMILES string of the molecule is CC1=NC=CC(C)(c2ccncc2)C1. The van der Waals surface area contributed by atoms with Crippen LogP contribution >= 0.6 is 0 Å². The topological polar surface area (TPSA) is 25.2 Å². The molecule has 1 aliphatic heterocycles. The molecule has 0 amide bonds. The van der Waals surface area contributed by atoms with Crippen molar-refractivity contribution in [1.82, 2.24) is 4.98 Å². The van der Waals surface area contributed by atoms with Crippen molar-refractivity contribution < 1.29 is 0 Å². The lowest BCUT2D eigenvalue weighted by Crippen LogP contribution is -2.24. The molecule has 0 saturated heterocycles. The standard InChI is InChI=1S/C12H14N2/c1-10-9-12(2,5-8-14-10)11-3-6-13-7-4-11/h3-8H,9H2,1-2H3. The van der Waals surface area contributed by atoms with Crippen molar-refractivity contribution in [2.75, 3.05) is 0 Å². The lowest BCUT2D eigenvalue weighted by Gasteiger charge is -2.28. The Balaban J connectivity index is 2.35. The molecule has 0 N–H and O–H groups in total. The molecule has 0 saturated carbocycles. The predicted octanol–water partition coefficient (Wildman–Crippen LogP) is 2.72. The third-order valence-electron chi connectivity index (χ3n) is 2.70. The number of allylic oxidation sites excluding steroid dienone is 1. The van der Waals surface area contributed by atoms with Crippen molar-refractivity contribution in [1.29, 1.82) is 0 Å². The summed E-state index contributed by atoms with van der Waals surface area (Å²) in [6, 6.07) is 4.14. The lowest BCUT2D eigenvalue weighted by atomic mass is 9.78. The molecular formula is C12H14N2. The van der Waals surface area contributed by atoms with Gasteiger partial charge in [-0.3, -0.25) is 9.98 Å². The minimum absolute atomic E-state index is 0.0920. The van der Waals surface area contributed by atoms with Gasteiger partial charge in [0.2, 0.25) is 0 Å². The number of pyridine rings is 1. The largest absolute Gasteiger partial charge is 0.266 e. The van der Waals surface area contributed by atoms with Crippen LogP contribution in [-0.2, 0) is 5.41 Å². The Kier molecular flexibility index (Phi) is 2.20. The number of aliphatic imine (C=N–C) groups is 1. The zero-order chi connectivity index (χ0) is 10.0. The molecule has 0 radical (unpaired) electrons. The van der Waals surface area contributed by atoms with Gasteiger partial charge in [-0.2, -0.15) is 0 Å². The molecular weight excluding hydrogens is 172 g/mol. The molecule has 2 nitrogen and oxygen atoms in total. The summed E-state index contributed by atoms with van der Waals surface area (Å²) in [6.45, 7) is 4.31. The Labute approximate surface area is 84.4 Å². The van der Waals surface area contributed by atoms with Crippen LogP contribution in [0.5, 0.6) is 0 Å². The van der Waals surface area contributed by atoms with Crippen molar-refractivity contribution in [3.8, 4) is 0 Å². The molecule has 0 bridgehead atoms. The second kappa shape index (κ2) is 3.37. The van der Waals surface area contributed by atoms with Crippen LogP contribution in [0.15, 0.2) is 41.8 Å². The summed E-state index contributed by atoms with van der Waals surface area (Å²) in [6.07, 6.45) is 8.74. The van der Waals surface area contributed by atoms with Gasteiger partial charge in [0.1, 0.15) is 0 Å². The highest BCUT2D eigenvalue weighted by atomic mass is 14.7. The molecule has 0 aliphatic carbocycles. The van der Waals surface area contributed by atoms with Crippen LogP contribution < -0.4 is 0 Å². The van der Waals surface area contributed by atoms with E-state index < -0.39 is 0 Å². The van der Waals surface area contributed by atoms with Crippen LogP contribution in [-0.4, -0.2) is 10.7 Å². The van der Waals surface area contributed by atoms with E-state index >= 15 is 0 Å². The quantitative estimate of drug-likeness (QED) is 0.662. The van der Waals surface area contributed by atoms with Gasteiger partial charge in [0.05, 0.1) is 0 Å². The summed E-state index contributed by atoms with van der Waals surface area (Å²) in [4.78, 5) is 8.31. The van der Waals surface area contributed by atoms with E-state index in [2.05, 4.69) is 42.0 Å². The predicted molar refractivity (Wildman–Crippen MR) is 58.5 cm³/mol. The maximum absolute atomic E-state index is 4.27. The third-order valence-corrected chi connectivity index (χ3v) is 2.70. The molecule has 1 unspecified atom stereocenters. The summed E-state index contributed by atoms with van der Waals surface area (Å²) in [5.41, 5.74) is 2.58. The van der Waals surface area contributed by atoms with Crippen LogP contribution in [0.1, 0.15) is 25.8 Å². The Morgan fingerprint density at radius 3 is 2.64 bits per heavy atom. The van der Waals surface area contributed by atoms with E-state index in [1.165, 1.54) is 11.3 Å². The summed E-state index contributed by atoms with van der Waals surface area (Å²) < 4.78 is 0. The third kappa shape index (κ3) is 1.60. The van der Waals surface area contributed by atoms with Gasteiger partial charge < -0.3 is 0 Å². The summed E-state index contributed by atoms with van der Waals surface area (Å²) in [7, 11) is 0. The molecule has 0 fully saturated rings. The normalized spacial score (nSPS) is 26.0. The first-order chi connectivity index (χ1) is 6.71. The lowest BCUT2D eigenvalue weighted by molar-refractivity contribution is 0.612. The number of hydrogen-bond acceptors (Lipinski definition) is 2. The second-order valence-corrected chi connectivity index (χ2v) is 4.01. The Morgan fingerprint density at radius 2 is 2.00 bits per heavy atom. The Hall–Kier alpha value is -1.44. The van der Waals surface area contributed by atoms with Gasteiger partial charge in [-0.25, -0.2) is 0 Å². The average molecular weight is 186 g/mol. The van der Waals surface area contributed by atoms with Gasteiger partial charge in [0.25, 0.3) is 0 Å². The van der Waals surface area contributed by atoms with Gasteiger partial charge in [-0.05, 0) is 31.0 Å². The first kappa shape index (κ1) is 9.13. The van der Waals surface area contributed by atoms with Gasteiger partial charge in [-0.1, -0.05) is 13.0 Å². The van der Waals surface area contributed by atoms with Crippen LogP contribution in [0, 0.1) is 0 Å². The summed E-state index contributed by atoms with van der Waals surface area (Å²) >= 11 is 0. The average Bonchev–Trinajstić information content (AvgIpc) is 2.19. The van der Waals surface area contributed by atoms with Crippen molar-refractivity contribution in [3.05, 3.63) is 42.4 Å². The van der Waals surface area contributed by atoms with Crippen LogP contribution in [0.25, 0.3) is 0 Å². The fourth-order valence-corrected chi connectivity index (χ4v) is 1.90. The fraction of sp³-hybridized carbons (Fsp3) is 0.333. The molecule has 2 rings (SSSR count). The molecule has 0 aromatic carbocycles. The van der Waals surface area contributed by atoms with E-state index in [-0.39, 0.29) is 5.41 Å². The van der Waals surface area contributed by atoms with Gasteiger partial charge in [0, 0.05) is 29.7 Å². The highest BCUT2D eigenvalue weighted by Gasteiger charge is 2.25. The van der Waals surface area contributed by atoms with E-state index in [0.29, 0.717) is 0 Å². The molecule has 1 atom stereocenters. The first-order valence-corrected chi connectivity index (χ1v) is 4.82. The van der Waals surface area contributed by atoms with E-state index in [0.717, 1.165) is 6.42 Å². The van der Waals surface area contributed by atoms with Crippen LogP contribution in [0.4, 0.5) is 0 Å². The van der Waals surface area contributed by atoms with E-state index in [4.69, 9.17) is 0 Å². The molecule has 1 aromatic rings. The number of aromatic nitrogens is 1. The summed E-state index contributed by atoms with van der Waals surface area (Å²) in [5.74, 6) is 0. The second-order valence-electron chi connectivity index (χ2n) is 4.01. The van der Waals surface area contributed by atoms with Crippen molar-refractivity contribution in [2.24, 2.45) is 4.99 Å². The van der Waals surface area contributed by atoms with E-state index in [1.807, 2.05) is 18.6 Å². The minimum atomic E-state index is 0.0920. The molecule has 0 spiro atoms. The maximum atomic E-state index is 4.27. The zero-order valence-corrected chi connectivity index (χ0v) is 8.57. The molecule has 2 heterocycles. The minimum Gasteiger partial charge on any atom is -0.266 e. The number of nitrogens with zero attached hydrogens (tertiary/aromatic N) is 2. The summed E-state index contributed by atoms with van der Waals surface area (Å²) in [5, 5.41) is 0. The highest BCUT2D eigenvalue weighted by molar-refractivity contribution is 5.85. The first-order valence-electron chi connectivity index (χ1n) is 4.82. The zero-order valence-electron chi connectivity index (χ0n) is 8.57. The molecule has 1 aliphatic rings. The van der Waals surface area contributed by atoms with Gasteiger partial charge in [0.15, 0.2) is 0 Å². The smallest absolute Gasteiger partial charge is 0.0270 e. The maximum Gasteiger partial charge on any atom is 0.0270 e. The number of hydrogen-bond donors (Lipinski definition) is 0. The monoisotopic (exact) mass is 186 g/mol. The molecule has 2 heteroatoms. The molecule has 14 heavy (non-hydrogen) atoms. The van der Waals surface area contributed by atoms with E-state index in [9.17, 15) is 0 Å². The van der Waals surface area contributed by atoms with Gasteiger partial charge >= 0.3 is 0 Å². The molecule has 1 aromatic heterocycles. The van der Waals surface area contributed by atoms with Crippen LogP contribution in [0.2, 0.25) is 0 Å². The number of rotatable bonds is 1. The van der Waals surface area contributed by atoms with Crippen molar-refractivity contribution in [3.63, 3.8) is 0 Å². The Morgan fingerprint density at radius 1 is 1.29 bits per heavy atom. The van der Waals surface area contributed by atoms with Crippen molar-refractivity contribution in [2.45, 2.75) is 25.7 Å². The van der Waals surface area contributed by atoms with E-state index in [1.54, 1.807) is 0 Å². The highest BCUT2D eigenvalue weighted by Crippen LogP contribution is 2.31. The van der Waals surface area contributed by atoms with Gasteiger partial charge in [-0.15, -0.1) is 0 Å².